The van der Waals surface area contributed by atoms with Crippen LogP contribution in [0, 0.1) is 6.92 Å². The zero-order chi connectivity index (χ0) is 19.1. The first-order valence-electron chi connectivity index (χ1n) is 8.38. The number of aryl methyl sites for hydroxylation is 1. The quantitative estimate of drug-likeness (QED) is 0.836. The van der Waals surface area contributed by atoms with E-state index in [0.717, 1.165) is 16.6 Å². The van der Waals surface area contributed by atoms with Crippen LogP contribution in [0.1, 0.15) is 54.0 Å². The third kappa shape index (κ3) is 3.04. The second-order valence-electron chi connectivity index (χ2n) is 6.06. The van der Waals surface area contributed by atoms with Crippen molar-refractivity contribution in [3.05, 3.63) is 29.2 Å². The SMILES string of the molecule is CCOC(=O)c1cnn2c1N[C@@H](c1cnn(CC)c1C)C[C@H]2C(F)(F)F. The molecule has 26 heavy (non-hydrogen) atoms. The molecule has 7 nitrogen and oxygen atoms in total. The van der Waals surface area contributed by atoms with Crippen LogP contribution in [0.2, 0.25) is 0 Å². The number of hydrogen-bond acceptors (Lipinski definition) is 5. The summed E-state index contributed by atoms with van der Waals surface area (Å²) in [5.41, 5.74) is 1.45. The first kappa shape index (κ1) is 18.3. The number of carbonyl (C=O) groups is 1. The lowest BCUT2D eigenvalue weighted by atomic mass is 9.97. The third-order valence-corrected chi connectivity index (χ3v) is 4.55. The number of esters is 1. The molecule has 1 aliphatic rings. The standard InChI is InChI=1S/C16H20F3N5O2/c1-4-23-9(3)10(7-20-23)12-6-13(16(17,18)19)24-14(22-12)11(8-21-24)15(25)26-5-2/h7-8,12-13,22H,4-6H2,1-3H3/t12-,13+/m1/s1. The maximum absolute atomic E-state index is 13.6. The minimum absolute atomic E-state index is 0.00802. The molecule has 10 heteroatoms. The van der Waals surface area contributed by atoms with Crippen LogP contribution in [-0.2, 0) is 11.3 Å². The van der Waals surface area contributed by atoms with Crippen molar-refractivity contribution in [2.24, 2.45) is 0 Å². The number of halogens is 3. The summed E-state index contributed by atoms with van der Waals surface area (Å²) in [6.07, 6.45) is -2.05. The highest BCUT2D eigenvalue weighted by Gasteiger charge is 2.47. The van der Waals surface area contributed by atoms with Crippen LogP contribution in [0.5, 0.6) is 0 Å². The van der Waals surface area contributed by atoms with E-state index >= 15 is 0 Å². The van der Waals surface area contributed by atoms with Crippen LogP contribution >= 0.6 is 0 Å². The van der Waals surface area contributed by atoms with Gasteiger partial charge >= 0.3 is 12.1 Å². The minimum Gasteiger partial charge on any atom is -0.462 e. The maximum atomic E-state index is 13.6. The monoisotopic (exact) mass is 371 g/mol. The number of fused-ring (bicyclic) bond motifs is 1. The Balaban J connectivity index is 2.04. The molecule has 0 amide bonds. The highest BCUT2D eigenvalue weighted by Crippen LogP contribution is 2.44. The molecule has 0 radical (unpaired) electrons. The first-order valence-corrected chi connectivity index (χ1v) is 8.38. The Kier molecular flexibility index (Phi) is 4.68. The number of rotatable bonds is 4. The topological polar surface area (TPSA) is 74.0 Å². The molecule has 0 bridgehead atoms. The van der Waals surface area contributed by atoms with Crippen molar-refractivity contribution in [3.8, 4) is 0 Å². The van der Waals surface area contributed by atoms with E-state index < -0.39 is 24.2 Å². The minimum atomic E-state index is -4.50. The average Bonchev–Trinajstić information content (AvgIpc) is 3.16. The smallest absolute Gasteiger partial charge is 0.410 e. The molecule has 0 saturated heterocycles. The van der Waals surface area contributed by atoms with Crippen molar-refractivity contribution in [2.75, 3.05) is 11.9 Å². The predicted molar refractivity (Wildman–Crippen MR) is 86.9 cm³/mol. The molecule has 2 atom stereocenters. The lowest BCUT2D eigenvalue weighted by Crippen LogP contribution is -2.36. The van der Waals surface area contributed by atoms with Gasteiger partial charge in [0.05, 0.1) is 25.0 Å². The fourth-order valence-corrected chi connectivity index (χ4v) is 3.25. The Bertz CT molecular complexity index is 811. The van der Waals surface area contributed by atoms with Gasteiger partial charge in [-0.25, -0.2) is 9.48 Å². The number of carbonyl (C=O) groups excluding carboxylic acids is 1. The summed E-state index contributed by atoms with van der Waals surface area (Å²) in [4.78, 5) is 12.1. The van der Waals surface area contributed by atoms with Crippen LogP contribution in [0.25, 0.3) is 0 Å². The number of anilines is 1. The molecule has 3 rings (SSSR count). The van der Waals surface area contributed by atoms with Gasteiger partial charge < -0.3 is 10.1 Å². The summed E-state index contributed by atoms with van der Waals surface area (Å²) >= 11 is 0. The Morgan fingerprint density at radius 3 is 2.65 bits per heavy atom. The molecule has 2 aromatic rings. The number of nitrogens with zero attached hydrogens (tertiary/aromatic N) is 4. The van der Waals surface area contributed by atoms with Crippen molar-refractivity contribution < 1.29 is 22.7 Å². The van der Waals surface area contributed by atoms with Crippen molar-refractivity contribution in [2.45, 2.75) is 52.0 Å². The number of aromatic nitrogens is 4. The van der Waals surface area contributed by atoms with Crippen LogP contribution in [0.4, 0.5) is 19.0 Å². The molecular formula is C16H20F3N5O2. The molecule has 1 N–H and O–H groups in total. The molecule has 0 saturated carbocycles. The summed E-state index contributed by atoms with van der Waals surface area (Å²) in [6.45, 7) is 6.09. The first-order chi connectivity index (χ1) is 12.3. The van der Waals surface area contributed by atoms with Crippen LogP contribution < -0.4 is 5.32 Å². The maximum Gasteiger partial charge on any atom is 0.410 e. The molecule has 3 heterocycles. The van der Waals surface area contributed by atoms with E-state index in [1.54, 1.807) is 17.8 Å². The number of ether oxygens (including phenoxy) is 1. The molecule has 0 aromatic carbocycles. The molecule has 2 aromatic heterocycles. The van der Waals surface area contributed by atoms with E-state index in [1.165, 1.54) is 0 Å². The second-order valence-corrected chi connectivity index (χ2v) is 6.06. The van der Waals surface area contributed by atoms with E-state index in [2.05, 4.69) is 15.5 Å². The summed E-state index contributed by atoms with van der Waals surface area (Å²) in [5, 5.41) is 11.0. The Morgan fingerprint density at radius 2 is 2.08 bits per heavy atom. The van der Waals surface area contributed by atoms with Gasteiger partial charge in [0.2, 0.25) is 0 Å². The fraction of sp³-hybridized carbons (Fsp3) is 0.562. The highest BCUT2D eigenvalue weighted by molar-refractivity contribution is 5.94. The molecule has 142 valence electrons. The van der Waals surface area contributed by atoms with E-state index in [0.29, 0.717) is 12.1 Å². The molecule has 0 spiro atoms. The van der Waals surface area contributed by atoms with Crippen molar-refractivity contribution in [3.63, 3.8) is 0 Å². The second kappa shape index (κ2) is 6.65. The van der Waals surface area contributed by atoms with Gasteiger partial charge in [-0.05, 0) is 20.8 Å². The molecule has 0 fully saturated rings. The number of hydrogen-bond donors (Lipinski definition) is 1. The van der Waals surface area contributed by atoms with E-state index in [9.17, 15) is 18.0 Å². The van der Waals surface area contributed by atoms with E-state index in [-0.39, 0.29) is 24.4 Å². The van der Waals surface area contributed by atoms with Crippen molar-refractivity contribution in [1.29, 1.82) is 0 Å². The lowest BCUT2D eigenvalue weighted by Gasteiger charge is -2.33. The largest absolute Gasteiger partial charge is 0.462 e. The van der Waals surface area contributed by atoms with Gasteiger partial charge in [-0.2, -0.15) is 23.4 Å². The molecule has 0 aliphatic carbocycles. The summed E-state index contributed by atoms with van der Waals surface area (Å²) in [5.74, 6) is -0.686. The summed E-state index contributed by atoms with van der Waals surface area (Å²) in [6, 6.07) is -2.48. The van der Waals surface area contributed by atoms with Crippen LogP contribution in [-0.4, -0.2) is 38.3 Å². The number of alkyl halides is 3. The number of nitrogens with one attached hydrogen (secondary N) is 1. The lowest BCUT2D eigenvalue weighted by molar-refractivity contribution is -0.173. The van der Waals surface area contributed by atoms with Gasteiger partial charge in [0.25, 0.3) is 0 Å². The zero-order valence-electron chi connectivity index (χ0n) is 14.7. The highest BCUT2D eigenvalue weighted by atomic mass is 19.4. The molecular weight excluding hydrogens is 351 g/mol. The van der Waals surface area contributed by atoms with Crippen molar-refractivity contribution >= 4 is 11.8 Å². The Hall–Kier alpha value is -2.52. The van der Waals surface area contributed by atoms with Crippen LogP contribution in [0.3, 0.4) is 0 Å². The van der Waals surface area contributed by atoms with Gasteiger partial charge in [0, 0.05) is 24.2 Å². The summed E-state index contributed by atoms with van der Waals surface area (Å²) < 4.78 is 48.3. The van der Waals surface area contributed by atoms with E-state index in [4.69, 9.17) is 4.74 Å². The average molecular weight is 371 g/mol. The molecule has 0 unspecified atom stereocenters. The van der Waals surface area contributed by atoms with Gasteiger partial charge in [-0.1, -0.05) is 0 Å². The van der Waals surface area contributed by atoms with Gasteiger partial charge in [-0.15, -0.1) is 0 Å². The van der Waals surface area contributed by atoms with Crippen LogP contribution in [0.15, 0.2) is 12.4 Å². The Morgan fingerprint density at radius 1 is 1.35 bits per heavy atom. The Labute approximate surface area is 148 Å². The summed E-state index contributed by atoms with van der Waals surface area (Å²) in [7, 11) is 0. The normalized spacial score (nSPS) is 19.8. The fourth-order valence-electron chi connectivity index (χ4n) is 3.25. The van der Waals surface area contributed by atoms with Crippen molar-refractivity contribution in [1.82, 2.24) is 19.6 Å². The van der Waals surface area contributed by atoms with Gasteiger partial charge in [0.1, 0.15) is 11.4 Å². The van der Waals surface area contributed by atoms with Gasteiger partial charge in [0.15, 0.2) is 6.04 Å². The predicted octanol–water partition coefficient (Wildman–Crippen LogP) is 3.24. The van der Waals surface area contributed by atoms with Gasteiger partial charge in [-0.3, -0.25) is 4.68 Å². The zero-order valence-corrected chi connectivity index (χ0v) is 14.7. The third-order valence-electron chi connectivity index (χ3n) is 4.55. The molecule has 1 aliphatic heterocycles. The van der Waals surface area contributed by atoms with E-state index in [1.807, 2.05) is 13.8 Å².